The van der Waals surface area contributed by atoms with Crippen molar-refractivity contribution in [2.24, 2.45) is 0 Å². The third-order valence-corrected chi connectivity index (χ3v) is 4.17. The van der Waals surface area contributed by atoms with E-state index < -0.39 is 5.97 Å². The second-order valence-corrected chi connectivity index (χ2v) is 6.08. The molecule has 26 heavy (non-hydrogen) atoms. The van der Waals surface area contributed by atoms with E-state index in [4.69, 9.17) is 21.1 Å². The lowest BCUT2D eigenvalue weighted by Gasteiger charge is -2.09. The van der Waals surface area contributed by atoms with Gasteiger partial charge in [0.1, 0.15) is 5.75 Å². The fourth-order valence-corrected chi connectivity index (χ4v) is 2.87. The van der Waals surface area contributed by atoms with Gasteiger partial charge < -0.3 is 9.47 Å². The molecule has 0 aliphatic heterocycles. The van der Waals surface area contributed by atoms with Gasteiger partial charge in [0.15, 0.2) is 12.4 Å². The molecular formula is C20H16ClNO4. The summed E-state index contributed by atoms with van der Waals surface area (Å²) in [6, 6.07) is 13.6. The van der Waals surface area contributed by atoms with E-state index in [1.165, 1.54) is 13.2 Å². The van der Waals surface area contributed by atoms with Gasteiger partial charge in [0.05, 0.1) is 23.2 Å². The molecule has 0 radical (unpaired) electrons. The number of hydrogen-bond donors (Lipinski definition) is 0. The van der Waals surface area contributed by atoms with Gasteiger partial charge in [-0.1, -0.05) is 29.8 Å². The van der Waals surface area contributed by atoms with Gasteiger partial charge >= 0.3 is 5.97 Å². The molecule has 5 nitrogen and oxygen atoms in total. The number of hydrogen-bond acceptors (Lipinski definition) is 5. The van der Waals surface area contributed by atoms with Crippen LogP contribution in [0.2, 0.25) is 5.02 Å². The average molecular weight is 370 g/mol. The predicted molar refractivity (Wildman–Crippen MR) is 99.1 cm³/mol. The van der Waals surface area contributed by atoms with Crippen LogP contribution in [0.25, 0.3) is 10.9 Å². The van der Waals surface area contributed by atoms with Crippen LogP contribution in [-0.2, 0) is 4.74 Å². The van der Waals surface area contributed by atoms with Crippen LogP contribution in [0.1, 0.15) is 26.4 Å². The number of pyridine rings is 1. The summed E-state index contributed by atoms with van der Waals surface area (Å²) in [6.45, 7) is 1.42. The van der Waals surface area contributed by atoms with Crippen molar-refractivity contribution in [1.82, 2.24) is 4.98 Å². The summed E-state index contributed by atoms with van der Waals surface area (Å²) in [5.74, 6) is -0.448. The van der Waals surface area contributed by atoms with Crippen molar-refractivity contribution in [2.75, 3.05) is 13.7 Å². The van der Waals surface area contributed by atoms with Crippen LogP contribution >= 0.6 is 11.6 Å². The molecule has 1 heterocycles. The zero-order valence-corrected chi connectivity index (χ0v) is 15.0. The second kappa shape index (κ2) is 7.54. The first-order valence-corrected chi connectivity index (χ1v) is 8.27. The SMILES string of the molecule is COc1ccc(C(=O)COC(=O)c2cc(C)nc3ccccc23)cc1Cl. The number of ketones is 1. The van der Waals surface area contributed by atoms with Crippen molar-refractivity contribution in [2.45, 2.75) is 6.92 Å². The Bertz CT molecular complexity index is 1000. The Hall–Kier alpha value is -2.92. The number of aromatic nitrogens is 1. The van der Waals surface area contributed by atoms with Crippen molar-refractivity contribution in [3.63, 3.8) is 0 Å². The predicted octanol–water partition coefficient (Wildman–Crippen LogP) is 4.24. The summed E-state index contributed by atoms with van der Waals surface area (Å²) in [5.41, 5.74) is 2.13. The van der Waals surface area contributed by atoms with Crippen LogP contribution in [-0.4, -0.2) is 30.5 Å². The number of aryl methyl sites for hydroxylation is 1. The minimum absolute atomic E-state index is 0.320. The zero-order chi connectivity index (χ0) is 18.7. The van der Waals surface area contributed by atoms with Crippen LogP contribution in [0, 0.1) is 6.92 Å². The maximum absolute atomic E-state index is 12.5. The molecule has 2 aromatic carbocycles. The monoisotopic (exact) mass is 369 g/mol. The first-order chi connectivity index (χ1) is 12.5. The van der Waals surface area contributed by atoms with Gasteiger partial charge in [-0.05, 0) is 37.3 Å². The van der Waals surface area contributed by atoms with Gasteiger partial charge in [0.2, 0.25) is 0 Å². The first-order valence-electron chi connectivity index (χ1n) is 7.90. The van der Waals surface area contributed by atoms with Gasteiger partial charge in [0, 0.05) is 16.6 Å². The van der Waals surface area contributed by atoms with Crippen LogP contribution < -0.4 is 4.74 Å². The lowest BCUT2D eigenvalue weighted by atomic mass is 10.1. The van der Waals surface area contributed by atoms with Gasteiger partial charge in [0.25, 0.3) is 0 Å². The fourth-order valence-electron chi connectivity index (χ4n) is 2.61. The smallest absolute Gasteiger partial charge is 0.339 e. The molecule has 6 heteroatoms. The number of carbonyl (C=O) groups is 2. The summed E-state index contributed by atoms with van der Waals surface area (Å²) in [5, 5.41) is 1.00. The summed E-state index contributed by atoms with van der Waals surface area (Å²) >= 11 is 6.02. The maximum Gasteiger partial charge on any atom is 0.339 e. The van der Waals surface area contributed by atoms with E-state index in [9.17, 15) is 9.59 Å². The minimum atomic E-state index is -0.570. The number of fused-ring (bicyclic) bond motifs is 1. The number of rotatable bonds is 5. The lowest BCUT2D eigenvalue weighted by molar-refractivity contribution is 0.0476. The van der Waals surface area contributed by atoms with Crippen LogP contribution in [0.5, 0.6) is 5.75 Å². The van der Waals surface area contributed by atoms with Crippen LogP contribution in [0.4, 0.5) is 0 Å². The Morgan fingerprint density at radius 3 is 2.62 bits per heavy atom. The molecule has 3 rings (SSSR count). The minimum Gasteiger partial charge on any atom is -0.495 e. The molecule has 1 aromatic heterocycles. The third kappa shape index (κ3) is 3.68. The highest BCUT2D eigenvalue weighted by Crippen LogP contribution is 2.25. The summed E-state index contributed by atoms with van der Waals surface area (Å²) in [4.78, 5) is 29.1. The molecule has 0 unspecified atom stereocenters. The van der Waals surface area contributed by atoms with Gasteiger partial charge in [-0.3, -0.25) is 9.78 Å². The fraction of sp³-hybridized carbons (Fsp3) is 0.150. The normalized spacial score (nSPS) is 10.6. The number of halogens is 1. The molecule has 0 saturated heterocycles. The number of esters is 1. The highest BCUT2D eigenvalue weighted by atomic mass is 35.5. The highest BCUT2D eigenvalue weighted by Gasteiger charge is 2.16. The van der Waals surface area contributed by atoms with Crippen LogP contribution in [0.15, 0.2) is 48.5 Å². The topological polar surface area (TPSA) is 65.5 Å². The Balaban J connectivity index is 1.77. The van der Waals surface area contributed by atoms with Gasteiger partial charge in [-0.2, -0.15) is 0 Å². The molecule has 3 aromatic rings. The Labute approximate surface area is 155 Å². The molecule has 0 atom stereocenters. The number of nitrogens with zero attached hydrogens (tertiary/aromatic N) is 1. The molecule has 0 aliphatic carbocycles. The van der Waals surface area contributed by atoms with E-state index in [0.717, 1.165) is 0 Å². The Morgan fingerprint density at radius 1 is 1.12 bits per heavy atom. The maximum atomic E-state index is 12.5. The molecule has 132 valence electrons. The largest absolute Gasteiger partial charge is 0.495 e. The van der Waals surface area contributed by atoms with E-state index in [1.54, 1.807) is 31.2 Å². The van der Waals surface area contributed by atoms with Crippen molar-refractivity contribution >= 4 is 34.3 Å². The number of carbonyl (C=O) groups excluding carboxylic acids is 2. The second-order valence-electron chi connectivity index (χ2n) is 5.68. The summed E-state index contributed by atoms with van der Waals surface area (Å²) in [7, 11) is 1.49. The molecule has 0 fully saturated rings. The van der Waals surface area contributed by atoms with Crippen molar-refractivity contribution in [1.29, 1.82) is 0 Å². The van der Waals surface area contributed by atoms with E-state index in [0.29, 0.717) is 38.5 Å². The Kier molecular flexibility index (Phi) is 5.19. The van der Waals surface area contributed by atoms with E-state index in [-0.39, 0.29) is 12.4 Å². The van der Waals surface area contributed by atoms with E-state index in [1.807, 2.05) is 18.2 Å². The molecule has 0 aliphatic rings. The molecule has 0 spiro atoms. The average Bonchev–Trinajstić information content (AvgIpc) is 2.65. The molecular weight excluding hydrogens is 354 g/mol. The molecule has 0 amide bonds. The van der Waals surface area contributed by atoms with Gasteiger partial charge in [-0.15, -0.1) is 0 Å². The van der Waals surface area contributed by atoms with E-state index >= 15 is 0 Å². The molecule has 0 N–H and O–H groups in total. The van der Waals surface area contributed by atoms with Crippen molar-refractivity contribution < 1.29 is 19.1 Å². The van der Waals surface area contributed by atoms with Crippen LogP contribution in [0.3, 0.4) is 0 Å². The summed E-state index contributed by atoms with van der Waals surface area (Å²) < 4.78 is 10.3. The first kappa shape index (κ1) is 17.9. The van der Waals surface area contributed by atoms with Crippen molar-refractivity contribution in [3.8, 4) is 5.75 Å². The van der Waals surface area contributed by atoms with E-state index in [2.05, 4.69) is 4.98 Å². The summed E-state index contributed by atoms with van der Waals surface area (Å²) in [6.07, 6.45) is 0. The van der Waals surface area contributed by atoms with Crippen molar-refractivity contribution in [3.05, 3.63) is 70.4 Å². The Morgan fingerprint density at radius 2 is 1.88 bits per heavy atom. The number of para-hydroxylation sites is 1. The third-order valence-electron chi connectivity index (χ3n) is 3.87. The number of benzene rings is 2. The molecule has 0 bridgehead atoms. The van der Waals surface area contributed by atoms with Gasteiger partial charge in [-0.25, -0.2) is 4.79 Å². The standard InChI is InChI=1S/C20H16ClNO4/c1-12-9-15(14-5-3-4-6-17(14)22-12)20(24)26-11-18(23)13-7-8-19(25-2)16(21)10-13/h3-10H,11H2,1-2H3. The number of Topliss-reactive ketones (excluding diaryl/α,β-unsaturated/α-hetero) is 1. The number of methoxy groups -OCH3 is 1. The quantitative estimate of drug-likeness (QED) is 0.497. The number of ether oxygens (including phenoxy) is 2. The highest BCUT2D eigenvalue weighted by molar-refractivity contribution is 6.32. The zero-order valence-electron chi connectivity index (χ0n) is 14.3. The molecule has 0 saturated carbocycles. The lowest BCUT2D eigenvalue weighted by Crippen LogP contribution is -2.15.